The summed E-state index contributed by atoms with van der Waals surface area (Å²) in [4.78, 5) is 21.2. The second kappa shape index (κ2) is 6.38. The van der Waals surface area contributed by atoms with Crippen LogP contribution in [-0.2, 0) is 9.53 Å². The lowest BCUT2D eigenvalue weighted by atomic mass is 10.3. The van der Waals surface area contributed by atoms with Gasteiger partial charge in [-0.2, -0.15) is 0 Å². The Morgan fingerprint density at radius 3 is 2.82 bits per heavy atom. The molecule has 0 spiro atoms. The Bertz CT molecular complexity index is 436. The van der Waals surface area contributed by atoms with Crippen molar-refractivity contribution in [3.63, 3.8) is 0 Å². The number of nitro benzene ring substituents is 1. The number of anilines is 1. The topological polar surface area (TPSA) is 81.5 Å². The summed E-state index contributed by atoms with van der Waals surface area (Å²) in [5, 5.41) is 13.4. The zero-order valence-electron chi connectivity index (χ0n) is 9.10. The lowest BCUT2D eigenvalue weighted by Gasteiger charge is -2.07. The molecule has 6 nitrogen and oxygen atoms in total. The average molecular weight is 350 g/mol. The van der Waals surface area contributed by atoms with Crippen LogP contribution in [0.25, 0.3) is 0 Å². The molecule has 0 aliphatic heterocycles. The van der Waals surface area contributed by atoms with Crippen molar-refractivity contribution in [3.05, 3.63) is 31.9 Å². The number of rotatable bonds is 5. The molecule has 0 aromatic heterocycles. The molecule has 0 aliphatic rings. The van der Waals surface area contributed by atoms with Crippen LogP contribution in [0, 0.1) is 13.7 Å². The number of carbonyl (C=O) groups excluding carboxylic acids is 1. The zero-order chi connectivity index (χ0) is 12.8. The standard InChI is InChI=1S/C10H11IN2O4/c1-2-17-10(14)6-12-9-4-3-7(13(15)16)5-8(9)11/h3-5,12H,2,6H2,1H3. The smallest absolute Gasteiger partial charge is 0.325 e. The van der Waals surface area contributed by atoms with E-state index < -0.39 is 4.92 Å². The second-order valence-electron chi connectivity index (χ2n) is 3.08. The van der Waals surface area contributed by atoms with E-state index in [2.05, 4.69) is 5.32 Å². The van der Waals surface area contributed by atoms with Gasteiger partial charge in [0.2, 0.25) is 0 Å². The van der Waals surface area contributed by atoms with Crippen molar-refractivity contribution in [1.82, 2.24) is 0 Å². The molecule has 0 saturated carbocycles. The van der Waals surface area contributed by atoms with Gasteiger partial charge in [0.05, 0.1) is 11.5 Å². The molecule has 0 unspecified atom stereocenters. The fourth-order valence-electron chi connectivity index (χ4n) is 1.14. The molecular weight excluding hydrogens is 339 g/mol. The molecule has 1 aromatic rings. The van der Waals surface area contributed by atoms with Gasteiger partial charge in [-0.05, 0) is 35.6 Å². The van der Waals surface area contributed by atoms with Crippen LogP contribution in [0.15, 0.2) is 18.2 Å². The molecule has 92 valence electrons. The second-order valence-corrected chi connectivity index (χ2v) is 4.24. The highest BCUT2D eigenvalue weighted by molar-refractivity contribution is 14.1. The Balaban J connectivity index is 2.66. The highest BCUT2D eigenvalue weighted by Gasteiger charge is 2.09. The zero-order valence-corrected chi connectivity index (χ0v) is 11.3. The highest BCUT2D eigenvalue weighted by atomic mass is 127. The molecule has 1 aromatic carbocycles. The lowest BCUT2D eigenvalue weighted by molar-refractivity contribution is -0.384. The van der Waals surface area contributed by atoms with Gasteiger partial charge in [-0.25, -0.2) is 0 Å². The van der Waals surface area contributed by atoms with E-state index >= 15 is 0 Å². The van der Waals surface area contributed by atoms with Gasteiger partial charge in [0, 0.05) is 21.4 Å². The summed E-state index contributed by atoms with van der Waals surface area (Å²) in [6.07, 6.45) is 0. The molecule has 0 bridgehead atoms. The van der Waals surface area contributed by atoms with Crippen LogP contribution in [-0.4, -0.2) is 24.0 Å². The summed E-state index contributed by atoms with van der Waals surface area (Å²) in [7, 11) is 0. The number of hydrogen-bond donors (Lipinski definition) is 1. The van der Waals surface area contributed by atoms with E-state index in [1.165, 1.54) is 12.1 Å². The van der Waals surface area contributed by atoms with Crippen molar-refractivity contribution in [1.29, 1.82) is 0 Å². The molecule has 0 fully saturated rings. The van der Waals surface area contributed by atoms with Gasteiger partial charge in [0.15, 0.2) is 0 Å². The van der Waals surface area contributed by atoms with Crippen molar-refractivity contribution < 1.29 is 14.5 Å². The number of nitrogens with zero attached hydrogens (tertiary/aromatic N) is 1. The van der Waals surface area contributed by atoms with E-state index in [4.69, 9.17) is 4.74 Å². The van der Waals surface area contributed by atoms with E-state index in [1.54, 1.807) is 13.0 Å². The van der Waals surface area contributed by atoms with Crippen LogP contribution in [0.2, 0.25) is 0 Å². The maximum Gasteiger partial charge on any atom is 0.325 e. The number of esters is 1. The molecule has 17 heavy (non-hydrogen) atoms. The largest absolute Gasteiger partial charge is 0.465 e. The molecule has 0 heterocycles. The van der Waals surface area contributed by atoms with Gasteiger partial charge >= 0.3 is 5.97 Å². The molecule has 0 aliphatic carbocycles. The molecule has 0 atom stereocenters. The van der Waals surface area contributed by atoms with Gasteiger partial charge in [-0.1, -0.05) is 0 Å². The van der Waals surface area contributed by atoms with E-state index in [0.717, 1.165) is 0 Å². The summed E-state index contributed by atoms with van der Waals surface area (Å²) in [6, 6.07) is 4.39. The van der Waals surface area contributed by atoms with Crippen molar-refractivity contribution in [2.75, 3.05) is 18.5 Å². The molecule has 0 radical (unpaired) electrons. The lowest BCUT2D eigenvalue weighted by Crippen LogP contribution is -2.17. The van der Waals surface area contributed by atoms with Crippen molar-refractivity contribution in [3.8, 4) is 0 Å². The van der Waals surface area contributed by atoms with E-state index in [9.17, 15) is 14.9 Å². The average Bonchev–Trinajstić information content (AvgIpc) is 2.27. The summed E-state index contributed by atoms with van der Waals surface area (Å²) in [5.74, 6) is -0.360. The Hall–Kier alpha value is -1.38. The molecule has 0 saturated heterocycles. The summed E-state index contributed by atoms with van der Waals surface area (Å²) in [6.45, 7) is 2.10. The van der Waals surface area contributed by atoms with Crippen molar-refractivity contribution in [2.45, 2.75) is 6.92 Å². The van der Waals surface area contributed by atoms with Crippen LogP contribution < -0.4 is 5.32 Å². The normalized spacial score (nSPS) is 9.76. The number of carbonyl (C=O) groups is 1. The van der Waals surface area contributed by atoms with E-state index in [1.807, 2.05) is 22.6 Å². The maximum absolute atomic E-state index is 11.1. The Morgan fingerprint density at radius 2 is 2.29 bits per heavy atom. The predicted molar refractivity (Wildman–Crippen MR) is 70.9 cm³/mol. The molecule has 7 heteroatoms. The maximum atomic E-state index is 11.1. The van der Waals surface area contributed by atoms with Gasteiger partial charge in [-0.3, -0.25) is 14.9 Å². The quantitative estimate of drug-likeness (QED) is 0.381. The summed E-state index contributed by atoms with van der Waals surface area (Å²) < 4.78 is 5.43. The van der Waals surface area contributed by atoms with Crippen LogP contribution in [0.4, 0.5) is 11.4 Å². The van der Waals surface area contributed by atoms with E-state index in [-0.39, 0.29) is 18.2 Å². The summed E-state index contributed by atoms with van der Waals surface area (Å²) >= 11 is 1.97. The summed E-state index contributed by atoms with van der Waals surface area (Å²) in [5.41, 5.74) is 0.695. The Morgan fingerprint density at radius 1 is 1.59 bits per heavy atom. The number of nitrogens with one attached hydrogen (secondary N) is 1. The van der Waals surface area contributed by atoms with Gasteiger partial charge in [-0.15, -0.1) is 0 Å². The van der Waals surface area contributed by atoms with Crippen LogP contribution >= 0.6 is 22.6 Å². The minimum atomic E-state index is -0.461. The molecule has 1 rings (SSSR count). The number of non-ortho nitro benzene ring substituents is 1. The fraction of sp³-hybridized carbons (Fsp3) is 0.300. The third-order valence-electron chi connectivity index (χ3n) is 1.89. The minimum absolute atomic E-state index is 0.0242. The van der Waals surface area contributed by atoms with Gasteiger partial charge in [0.25, 0.3) is 5.69 Å². The van der Waals surface area contributed by atoms with Crippen LogP contribution in [0.1, 0.15) is 6.92 Å². The first-order chi connectivity index (χ1) is 8.04. The SMILES string of the molecule is CCOC(=O)CNc1ccc([N+](=O)[O-])cc1I. The molecule has 0 amide bonds. The monoisotopic (exact) mass is 350 g/mol. The number of hydrogen-bond acceptors (Lipinski definition) is 5. The first kappa shape index (κ1) is 13.7. The number of nitro groups is 1. The Kier molecular flexibility index (Phi) is 5.13. The van der Waals surface area contributed by atoms with Crippen molar-refractivity contribution in [2.24, 2.45) is 0 Å². The van der Waals surface area contributed by atoms with Crippen LogP contribution in [0.5, 0.6) is 0 Å². The van der Waals surface area contributed by atoms with Gasteiger partial charge < -0.3 is 10.1 Å². The fourth-order valence-corrected chi connectivity index (χ4v) is 1.83. The molecular formula is C10H11IN2O4. The molecule has 1 N–H and O–H groups in total. The van der Waals surface area contributed by atoms with Crippen LogP contribution in [0.3, 0.4) is 0 Å². The van der Waals surface area contributed by atoms with Crippen molar-refractivity contribution >= 4 is 39.9 Å². The highest BCUT2D eigenvalue weighted by Crippen LogP contribution is 2.23. The predicted octanol–water partition coefficient (Wildman–Crippen LogP) is 2.17. The third-order valence-corrected chi connectivity index (χ3v) is 2.78. The third kappa shape index (κ3) is 4.17. The number of benzene rings is 1. The van der Waals surface area contributed by atoms with Gasteiger partial charge in [0.1, 0.15) is 6.54 Å². The first-order valence-corrected chi connectivity index (χ1v) is 5.96. The Labute approximate surface area is 112 Å². The first-order valence-electron chi connectivity index (χ1n) is 4.88. The minimum Gasteiger partial charge on any atom is -0.465 e. The van der Waals surface area contributed by atoms with E-state index in [0.29, 0.717) is 15.9 Å². The number of ether oxygens (including phenoxy) is 1. The number of halogens is 1.